The van der Waals surface area contributed by atoms with Crippen LogP contribution in [0.1, 0.15) is 23.6 Å². The summed E-state index contributed by atoms with van der Waals surface area (Å²) in [4.78, 5) is 8.33. The van der Waals surface area contributed by atoms with Crippen molar-refractivity contribution >= 4 is 38.9 Å². The normalized spacial score (nSPS) is 13.8. The molecule has 0 aromatic carbocycles. The van der Waals surface area contributed by atoms with Crippen molar-refractivity contribution in [2.24, 2.45) is 5.73 Å². The zero-order valence-electron chi connectivity index (χ0n) is 14.4. The Balaban J connectivity index is 2.01. The lowest BCUT2D eigenvalue weighted by atomic mass is 10.0. The summed E-state index contributed by atoms with van der Waals surface area (Å²) >= 11 is 9.64. The van der Waals surface area contributed by atoms with Gasteiger partial charge in [0.2, 0.25) is 5.28 Å². The maximum atomic E-state index is 13.5. The van der Waals surface area contributed by atoms with E-state index in [2.05, 4.69) is 36.3 Å². The van der Waals surface area contributed by atoms with E-state index >= 15 is 0 Å². The predicted octanol–water partition coefficient (Wildman–Crippen LogP) is 3.69. The van der Waals surface area contributed by atoms with Crippen molar-refractivity contribution < 1.29 is 4.39 Å². The predicted molar refractivity (Wildman–Crippen MR) is 104 cm³/mol. The summed E-state index contributed by atoms with van der Waals surface area (Å²) in [5.41, 5.74) is 9.59. The Labute approximate surface area is 164 Å². The van der Waals surface area contributed by atoms with Crippen molar-refractivity contribution in [2.45, 2.75) is 39.0 Å². The van der Waals surface area contributed by atoms with Gasteiger partial charge in [-0.1, -0.05) is 0 Å². The number of aryl methyl sites for hydroxylation is 1. The third-order valence-electron chi connectivity index (χ3n) is 4.30. The number of hydrogen-bond acceptors (Lipinski definition) is 5. The number of rotatable bonds is 6. The highest BCUT2D eigenvalue weighted by atomic mass is 79.9. The largest absolute Gasteiger partial charge is 0.364 e. The van der Waals surface area contributed by atoms with Gasteiger partial charge < -0.3 is 11.1 Å². The number of halogens is 3. The van der Waals surface area contributed by atoms with Crippen molar-refractivity contribution in [3.63, 3.8) is 0 Å². The molecule has 0 aliphatic heterocycles. The van der Waals surface area contributed by atoms with Crippen molar-refractivity contribution in [3.8, 4) is 0 Å². The summed E-state index contributed by atoms with van der Waals surface area (Å²) < 4.78 is 15.9. The fourth-order valence-electron chi connectivity index (χ4n) is 2.75. The summed E-state index contributed by atoms with van der Waals surface area (Å²) in [6.45, 7) is 3.96. The second-order valence-corrected chi connectivity index (χ2v) is 7.23. The number of aromatic nitrogens is 4. The third-order valence-corrected chi connectivity index (χ3v) is 5.28. The van der Waals surface area contributed by atoms with Gasteiger partial charge in [0, 0.05) is 25.0 Å². The van der Waals surface area contributed by atoms with E-state index in [1.807, 2.05) is 19.1 Å². The van der Waals surface area contributed by atoms with Gasteiger partial charge in [-0.05, 0) is 76.6 Å². The maximum Gasteiger partial charge on any atom is 0.243 e. The van der Waals surface area contributed by atoms with Crippen molar-refractivity contribution in [3.05, 3.63) is 51.1 Å². The minimum atomic E-state index is -1.11. The average molecular weight is 442 g/mol. The molecule has 0 aliphatic rings. The Hall–Kier alpha value is -1.77. The van der Waals surface area contributed by atoms with Gasteiger partial charge in [0.05, 0.1) is 0 Å². The van der Waals surface area contributed by atoms with Gasteiger partial charge in [-0.2, -0.15) is 4.98 Å². The number of anilines is 1. The minimum Gasteiger partial charge on any atom is -0.364 e. The summed E-state index contributed by atoms with van der Waals surface area (Å²) in [5, 5.41) is 7.67. The second-order valence-electron chi connectivity index (χ2n) is 6.14. The second kappa shape index (κ2) is 7.85. The molecule has 26 heavy (non-hydrogen) atoms. The number of nitrogens with zero attached hydrogens (tertiary/aromatic N) is 4. The van der Waals surface area contributed by atoms with Crippen molar-refractivity contribution in [1.29, 1.82) is 0 Å². The molecule has 0 amide bonds. The third kappa shape index (κ3) is 3.82. The molecule has 0 bridgehead atoms. The molecule has 3 heterocycles. The van der Waals surface area contributed by atoms with E-state index in [4.69, 9.17) is 17.3 Å². The van der Waals surface area contributed by atoms with Gasteiger partial charge in [-0.25, -0.2) is 8.91 Å². The van der Waals surface area contributed by atoms with Gasteiger partial charge in [-0.3, -0.25) is 4.98 Å². The SMILES string of the molecule is Cc1c(C[C@@H](N)[C@H](C)F)c(Br)n2nc(Cl)nc(NCc3ccncc3)c12. The molecular formula is C17H19BrClFN6. The molecule has 3 N–H and O–H groups in total. The first-order chi connectivity index (χ1) is 12.4. The topological polar surface area (TPSA) is 81.1 Å². The number of nitrogens with two attached hydrogens (primary N) is 1. The lowest BCUT2D eigenvalue weighted by molar-refractivity contribution is 0.304. The Bertz CT molecular complexity index is 915. The van der Waals surface area contributed by atoms with Crippen LogP contribution in [0.15, 0.2) is 29.1 Å². The van der Waals surface area contributed by atoms with E-state index in [9.17, 15) is 4.39 Å². The van der Waals surface area contributed by atoms with Crippen LogP contribution in [0.4, 0.5) is 10.2 Å². The molecular weight excluding hydrogens is 423 g/mol. The molecule has 9 heteroatoms. The van der Waals surface area contributed by atoms with Gasteiger partial charge in [-0.15, -0.1) is 5.10 Å². The van der Waals surface area contributed by atoms with E-state index in [0.29, 0.717) is 23.4 Å². The van der Waals surface area contributed by atoms with Crippen LogP contribution in [0.5, 0.6) is 0 Å². The standard InChI is InChI=1S/C17H19BrClFN6/c1-9-12(7-13(21)10(2)20)15(18)26-14(9)16(24-17(19)25-26)23-8-11-3-5-22-6-4-11/h3-6,10,13H,7-8,21H2,1-2H3,(H,23,24,25)/t10-,13+/m0/s1. The smallest absolute Gasteiger partial charge is 0.243 e. The molecule has 0 aliphatic carbocycles. The number of alkyl halides is 1. The number of hydrogen-bond donors (Lipinski definition) is 2. The Morgan fingerprint density at radius 2 is 2.08 bits per heavy atom. The zero-order chi connectivity index (χ0) is 18.8. The molecule has 3 rings (SSSR count). The molecule has 0 saturated heterocycles. The molecule has 0 fully saturated rings. The Morgan fingerprint density at radius 1 is 1.38 bits per heavy atom. The molecule has 0 radical (unpaired) electrons. The summed E-state index contributed by atoms with van der Waals surface area (Å²) in [6, 6.07) is 3.24. The van der Waals surface area contributed by atoms with Crippen LogP contribution in [0, 0.1) is 6.92 Å². The van der Waals surface area contributed by atoms with Crippen LogP contribution >= 0.6 is 27.5 Å². The fourth-order valence-corrected chi connectivity index (χ4v) is 3.63. The zero-order valence-corrected chi connectivity index (χ0v) is 16.7. The monoisotopic (exact) mass is 440 g/mol. The molecule has 3 aromatic heterocycles. The van der Waals surface area contributed by atoms with Crippen LogP contribution in [0.2, 0.25) is 5.28 Å². The van der Waals surface area contributed by atoms with Gasteiger partial charge in [0.15, 0.2) is 5.82 Å². The summed E-state index contributed by atoms with van der Waals surface area (Å²) in [7, 11) is 0. The number of fused-ring (bicyclic) bond motifs is 1. The van der Waals surface area contributed by atoms with Gasteiger partial charge >= 0.3 is 0 Å². The lowest BCUT2D eigenvalue weighted by Crippen LogP contribution is -2.31. The van der Waals surface area contributed by atoms with E-state index in [1.165, 1.54) is 6.92 Å². The van der Waals surface area contributed by atoms with Crippen LogP contribution in [-0.2, 0) is 13.0 Å². The van der Waals surface area contributed by atoms with Crippen LogP contribution in [-0.4, -0.2) is 31.8 Å². The molecule has 0 unspecified atom stereocenters. The first-order valence-corrected chi connectivity index (χ1v) is 9.31. The average Bonchev–Trinajstić information content (AvgIpc) is 2.85. The first-order valence-electron chi connectivity index (χ1n) is 8.14. The minimum absolute atomic E-state index is 0.111. The summed E-state index contributed by atoms with van der Waals surface area (Å²) in [5.74, 6) is 0.605. The van der Waals surface area contributed by atoms with Gasteiger partial charge in [0.25, 0.3) is 0 Å². The Morgan fingerprint density at radius 3 is 2.73 bits per heavy atom. The molecule has 0 saturated carbocycles. The highest BCUT2D eigenvalue weighted by molar-refractivity contribution is 9.10. The quantitative estimate of drug-likeness (QED) is 0.610. The summed E-state index contributed by atoms with van der Waals surface area (Å²) in [6.07, 6.45) is 2.74. The first kappa shape index (κ1) is 19.0. The lowest BCUT2D eigenvalue weighted by Gasteiger charge is -2.12. The highest BCUT2D eigenvalue weighted by Crippen LogP contribution is 2.32. The number of nitrogens with one attached hydrogen (secondary N) is 1. The fraction of sp³-hybridized carbons (Fsp3) is 0.353. The molecule has 138 valence electrons. The number of pyridine rings is 1. The van der Waals surface area contributed by atoms with E-state index in [-0.39, 0.29) is 5.28 Å². The molecule has 6 nitrogen and oxygen atoms in total. The van der Waals surface area contributed by atoms with Gasteiger partial charge in [0.1, 0.15) is 16.3 Å². The molecule has 0 spiro atoms. The van der Waals surface area contributed by atoms with E-state index in [1.54, 1.807) is 16.9 Å². The van der Waals surface area contributed by atoms with E-state index in [0.717, 1.165) is 22.2 Å². The molecule has 3 aromatic rings. The maximum absolute atomic E-state index is 13.5. The van der Waals surface area contributed by atoms with Crippen molar-refractivity contribution in [2.75, 3.05) is 5.32 Å². The highest BCUT2D eigenvalue weighted by Gasteiger charge is 2.22. The van der Waals surface area contributed by atoms with Crippen LogP contribution in [0.3, 0.4) is 0 Å². The molecule has 2 atom stereocenters. The van der Waals surface area contributed by atoms with Crippen LogP contribution < -0.4 is 11.1 Å². The van der Waals surface area contributed by atoms with Crippen molar-refractivity contribution in [1.82, 2.24) is 19.6 Å². The van der Waals surface area contributed by atoms with E-state index < -0.39 is 12.2 Å². The van der Waals surface area contributed by atoms with Crippen LogP contribution in [0.25, 0.3) is 5.52 Å². The Kier molecular flexibility index (Phi) is 5.74.